The molecule has 0 radical (unpaired) electrons. The summed E-state index contributed by atoms with van der Waals surface area (Å²) >= 11 is 0. The molecule has 5 atom stereocenters. The van der Waals surface area contributed by atoms with Gasteiger partial charge in [-0.3, -0.25) is 4.84 Å². The number of hydrogen-bond donors (Lipinski definition) is 3. The third-order valence-electron chi connectivity index (χ3n) is 6.46. The zero-order valence-electron chi connectivity index (χ0n) is 23.5. The van der Waals surface area contributed by atoms with Crippen molar-refractivity contribution in [2.24, 2.45) is 5.16 Å². The van der Waals surface area contributed by atoms with Gasteiger partial charge in [-0.1, -0.05) is 23.1 Å². The summed E-state index contributed by atoms with van der Waals surface area (Å²) in [5, 5.41) is 26.0. The molecule has 3 N–H and O–H groups in total. The number of ether oxygens (including phenoxy) is 4. The van der Waals surface area contributed by atoms with Crippen LogP contribution < -0.4 is 15.8 Å². The molecule has 1 aromatic heterocycles. The van der Waals surface area contributed by atoms with Crippen LogP contribution in [0.3, 0.4) is 0 Å². The third-order valence-corrected chi connectivity index (χ3v) is 6.46. The van der Waals surface area contributed by atoms with E-state index in [0.29, 0.717) is 5.56 Å². The van der Waals surface area contributed by atoms with Gasteiger partial charge in [-0.2, -0.15) is 5.48 Å². The van der Waals surface area contributed by atoms with Crippen LogP contribution >= 0.6 is 0 Å². The molecule has 224 valence electrons. The van der Waals surface area contributed by atoms with Crippen molar-refractivity contribution >= 4 is 22.8 Å². The Bertz CT molecular complexity index is 1490. The van der Waals surface area contributed by atoms with Gasteiger partial charge in [0.15, 0.2) is 12.7 Å². The molecule has 3 rings (SSSR count). The second-order valence-electron chi connectivity index (χ2n) is 9.35. The number of aliphatic hydroxyl groups excluding tert-OH is 1. The predicted molar refractivity (Wildman–Crippen MR) is 150 cm³/mol. The molecule has 1 aliphatic heterocycles. The zero-order valence-corrected chi connectivity index (χ0v) is 23.5. The molecule has 2 aromatic rings. The number of aliphatic hydroxyl groups is 1. The minimum absolute atomic E-state index is 0.00830. The van der Waals surface area contributed by atoms with Gasteiger partial charge in [0.25, 0.3) is 0 Å². The lowest BCUT2D eigenvalue weighted by molar-refractivity contribution is -0.309. The van der Waals surface area contributed by atoms with Gasteiger partial charge in [0.05, 0.1) is 11.1 Å². The topological polar surface area (TPSA) is 168 Å². The lowest BCUT2D eigenvalue weighted by Gasteiger charge is -2.48. The van der Waals surface area contributed by atoms with Gasteiger partial charge in [-0.05, 0) is 39.3 Å². The number of hydroxylamine groups is 1. The molecule has 0 aliphatic carbocycles. The average Bonchev–Trinajstić information content (AvgIpc) is 2.93. The number of rotatable bonds is 11. The number of hydrogen-bond acceptors (Lipinski definition) is 12. The van der Waals surface area contributed by atoms with Crippen LogP contribution in [0.1, 0.15) is 31.4 Å². The van der Waals surface area contributed by atoms with Gasteiger partial charge in [-0.25, -0.2) is 9.59 Å². The number of benzene rings is 1. The van der Waals surface area contributed by atoms with E-state index in [1.807, 2.05) is 5.48 Å². The molecule has 1 saturated heterocycles. The van der Waals surface area contributed by atoms with Crippen molar-refractivity contribution < 1.29 is 48.0 Å². The largest absolute Gasteiger partial charge is 0.506 e. The van der Waals surface area contributed by atoms with E-state index in [9.17, 15) is 19.8 Å². The maximum Gasteiger partial charge on any atom is 0.431 e. The van der Waals surface area contributed by atoms with E-state index in [0.717, 1.165) is 0 Å². The first-order valence-electron chi connectivity index (χ1n) is 12.6. The molecule has 1 fully saturated rings. The molecule has 42 heavy (non-hydrogen) atoms. The van der Waals surface area contributed by atoms with Crippen LogP contribution in [0.2, 0.25) is 0 Å². The molecular formula is C29H32N2O11. The van der Waals surface area contributed by atoms with Crippen molar-refractivity contribution in [3.63, 3.8) is 0 Å². The van der Waals surface area contributed by atoms with Gasteiger partial charge in [0.1, 0.15) is 47.1 Å². The average molecular weight is 585 g/mol. The molecule has 0 bridgehead atoms. The minimum Gasteiger partial charge on any atom is -0.506 e. The van der Waals surface area contributed by atoms with Crippen LogP contribution in [0.4, 0.5) is 4.79 Å². The number of nitrogens with one attached hydrogen (secondary N) is 1. The van der Waals surface area contributed by atoms with Crippen molar-refractivity contribution in [3.8, 4) is 36.2 Å². The number of terminal acetylenes is 2. The van der Waals surface area contributed by atoms with E-state index in [2.05, 4.69) is 23.6 Å². The number of aromatic hydroxyl groups is 1. The van der Waals surface area contributed by atoms with Crippen LogP contribution in [0.5, 0.6) is 11.5 Å². The third kappa shape index (κ3) is 6.67. The highest BCUT2D eigenvalue weighted by Gasteiger charge is 2.54. The normalized spacial score (nSPS) is 23.8. The fourth-order valence-corrected chi connectivity index (χ4v) is 4.58. The van der Waals surface area contributed by atoms with E-state index >= 15 is 0 Å². The number of aryl methyl sites for hydroxylation is 1. The number of oxime groups is 1. The van der Waals surface area contributed by atoms with E-state index in [-0.39, 0.29) is 47.6 Å². The molecule has 1 amide bonds. The summed E-state index contributed by atoms with van der Waals surface area (Å²) in [6.45, 7) is 8.09. The van der Waals surface area contributed by atoms with Crippen molar-refractivity contribution in [3.05, 3.63) is 46.3 Å². The number of carbonyl (C=O) groups is 1. The Labute approximate surface area is 241 Å². The minimum atomic E-state index is -1.43. The lowest BCUT2D eigenvalue weighted by Crippen LogP contribution is -2.66. The summed E-state index contributed by atoms with van der Waals surface area (Å²) in [5.41, 5.74) is 0.116. The van der Waals surface area contributed by atoms with Crippen LogP contribution in [0, 0.1) is 31.6 Å². The lowest BCUT2D eigenvalue weighted by atomic mass is 9.85. The molecule has 2 heterocycles. The number of methoxy groups -OCH3 is 1. The van der Waals surface area contributed by atoms with Gasteiger partial charge < -0.3 is 38.4 Å². The van der Waals surface area contributed by atoms with Gasteiger partial charge in [0.2, 0.25) is 6.29 Å². The summed E-state index contributed by atoms with van der Waals surface area (Å²) in [6.07, 6.45) is 5.78. The number of nitrogens with zero attached hydrogens (tertiary/aromatic N) is 1. The van der Waals surface area contributed by atoms with Crippen molar-refractivity contribution in [2.75, 3.05) is 20.3 Å². The first-order chi connectivity index (χ1) is 20.0. The van der Waals surface area contributed by atoms with Crippen LogP contribution in [-0.2, 0) is 23.9 Å². The first-order valence-corrected chi connectivity index (χ1v) is 12.6. The van der Waals surface area contributed by atoms with E-state index in [1.165, 1.54) is 26.2 Å². The fraction of sp³-hybridized carbons (Fsp3) is 0.414. The monoisotopic (exact) mass is 584 g/mol. The van der Waals surface area contributed by atoms with Crippen LogP contribution in [0.15, 0.2) is 39.2 Å². The molecule has 13 heteroatoms. The Balaban J connectivity index is 2.02. The highest BCUT2D eigenvalue weighted by Crippen LogP contribution is 2.39. The smallest absolute Gasteiger partial charge is 0.431 e. The molecule has 13 nitrogen and oxygen atoms in total. The summed E-state index contributed by atoms with van der Waals surface area (Å²) in [7, 11) is 1.37. The summed E-state index contributed by atoms with van der Waals surface area (Å²) in [4.78, 5) is 34.9. The number of carbonyl (C=O) groups excluding carboxylic acids is 1. The van der Waals surface area contributed by atoms with E-state index in [4.69, 9.17) is 45.9 Å². The summed E-state index contributed by atoms with van der Waals surface area (Å²) in [6, 6.07) is 2.93. The highest BCUT2D eigenvalue weighted by atomic mass is 16.7. The maximum atomic E-state index is 12.8. The Morgan fingerprint density at radius 2 is 2.02 bits per heavy atom. The first kappa shape index (κ1) is 32.0. The van der Waals surface area contributed by atoms with Crippen LogP contribution in [-0.4, -0.2) is 72.5 Å². The molecule has 0 saturated carbocycles. The molecular weight excluding hydrogens is 552 g/mol. The summed E-state index contributed by atoms with van der Waals surface area (Å²) in [5.74, 6) is 4.15. The van der Waals surface area contributed by atoms with Crippen molar-refractivity contribution in [2.45, 2.75) is 57.4 Å². The van der Waals surface area contributed by atoms with Gasteiger partial charge >= 0.3 is 11.7 Å². The Kier molecular flexibility index (Phi) is 10.6. The molecule has 1 aromatic carbocycles. The molecule has 0 spiro atoms. The standard InChI is InChI=1S/C29H32N2O11/c1-8-13-29(6)25(36-7)22(33)24(41-28(35)31-38-15-10-3)27(42-29)39-19-12-11-18-21(32)20(17(5)30-37-14-9-2)26(34)40-23(18)16(19)4/h2-3,8,11-12,22,24-25,27,32-33H,1,13-15H2,4-7H3,(H,31,35)/t22-,24+,25+,27?,29-/m0/s1. The van der Waals surface area contributed by atoms with Gasteiger partial charge in [-0.15, -0.1) is 19.4 Å². The number of fused-ring (bicyclic) bond motifs is 1. The quantitative estimate of drug-likeness (QED) is 0.0885. The van der Waals surface area contributed by atoms with Gasteiger partial charge in [0, 0.05) is 12.7 Å². The zero-order chi connectivity index (χ0) is 31.0. The SMILES string of the molecule is C#CCON=C(C)c1c(O)c2ccc(OC3O[C@@](C)(CC=C)[C@H](OC)[C@@H](O)[C@H]3OC(=O)NOCC#C)c(C)c2oc1=O. The molecule has 1 unspecified atom stereocenters. The van der Waals surface area contributed by atoms with E-state index < -0.39 is 47.7 Å². The van der Waals surface area contributed by atoms with Crippen molar-refractivity contribution in [1.29, 1.82) is 0 Å². The molecule has 1 aliphatic rings. The fourth-order valence-electron chi connectivity index (χ4n) is 4.58. The predicted octanol–water partition coefficient (Wildman–Crippen LogP) is 2.29. The Morgan fingerprint density at radius 3 is 2.67 bits per heavy atom. The second-order valence-corrected chi connectivity index (χ2v) is 9.35. The Morgan fingerprint density at radius 1 is 1.31 bits per heavy atom. The number of amides is 1. The summed E-state index contributed by atoms with van der Waals surface area (Å²) < 4.78 is 28.7. The highest BCUT2D eigenvalue weighted by molar-refractivity contribution is 6.04. The maximum absolute atomic E-state index is 12.8. The Hall–Kier alpha value is -4.53. The van der Waals surface area contributed by atoms with E-state index in [1.54, 1.807) is 19.9 Å². The van der Waals surface area contributed by atoms with Crippen molar-refractivity contribution in [1.82, 2.24) is 5.48 Å². The second kappa shape index (κ2) is 13.9. The van der Waals surface area contributed by atoms with Crippen LogP contribution in [0.25, 0.3) is 11.0 Å².